The average molecular weight is 229 g/mol. The lowest BCUT2D eigenvalue weighted by Gasteiger charge is -2.04. The lowest BCUT2D eigenvalue weighted by atomic mass is 10.2. The minimum Gasteiger partial charge on any atom is -0.352 e. The average Bonchev–Trinajstić information content (AvgIpc) is 3.05. The summed E-state index contributed by atoms with van der Waals surface area (Å²) in [5, 5.41) is 2.54. The number of benzene rings is 1. The van der Waals surface area contributed by atoms with E-state index in [2.05, 4.69) is 5.32 Å². The highest BCUT2D eigenvalue weighted by atomic mass is 19.2. The highest BCUT2D eigenvalue weighted by molar-refractivity contribution is 5.94. The molecule has 1 aromatic rings. The normalized spacial score (nSPS) is 14.9. The van der Waals surface area contributed by atoms with Crippen molar-refractivity contribution in [3.05, 3.63) is 35.1 Å². The van der Waals surface area contributed by atoms with Crippen LogP contribution in [0, 0.1) is 23.4 Å². The number of halogens is 3. The molecule has 1 saturated carbocycles. The van der Waals surface area contributed by atoms with Crippen LogP contribution < -0.4 is 5.32 Å². The fourth-order valence-electron chi connectivity index (χ4n) is 1.35. The highest BCUT2D eigenvalue weighted by Gasteiger charge is 2.22. The molecule has 16 heavy (non-hydrogen) atoms. The van der Waals surface area contributed by atoms with Gasteiger partial charge in [-0.25, -0.2) is 13.2 Å². The molecule has 1 aliphatic rings. The zero-order chi connectivity index (χ0) is 11.7. The first-order chi connectivity index (χ1) is 7.58. The number of carbonyl (C=O) groups excluding carboxylic acids is 1. The minimum absolute atomic E-state index is 0.197. The standard InChI is InChI=1S/C11H10F3NO/c12-8-3-7(4-9(13)10(8)14)11(16)15-5-6-1-2-6/h3-4,6H,1-2,5H2,(H,15,16). The number of nitrogens with one attached hydrogen (secondary N) is 1. The van der Waals surface area contributed by atoms with Crippen LogP contribution in [0.5, 0.6) is 0 Å². The first-order valence-electron chi connectivity index (χ1n) is 5.00. The molecule has 0 bridgehead atoms. The van der Waals surface area contributed by atoms with Crippen molar-refractivity contribution >= 4 is 5.91 Å². The summed E-state index contributed by atoms with van der Waals surface area (Å²) in [5.41, 5.74) is -0.197. The number of hydrogen-bond donors (Lipinski definition) is 1. The molecule has 2 rings (SSSR count). The molecule has 0 saturated heterocycles. The Balaban J connectivity index is 2.09. The number of amides is 1. The summed E-state index contributed by atoms with van der Waals surface area (Å²) in [6.07, 6.45) is 2.12. The van der Waals surface area contributed by atoms with Crippen LogP contribution >= 0.6 is 0 Å². The SMILES string of the molecule is O=C(NCC1CC1)c1cc(F)c(F)c(F)c1. The molecule has 86 valence electrons. The molecule has 5 heteroatoms. The van der Waals surface area contributed by atoms with Crippen LogP contribution in [0.25, 0.3) is 0 Å². The summed E-state index contributed by atoms with van der Waals surface area (Å²) in [6, 6.07) is 1.39. The Labute approximate surface area is 90.5 Å². The van der Waals surface area contributed by atoms with Gasteiger partial charge < -0.3 is 5.32 Å². The van der Waals surface area contributed by atoms with E-state index in [-0.39, 0.29) is 5.56 Å². The molecule has 0 heterocycles. The molecule has 0 aromatic heterocycles. The highest BCUT2D eigenvalue weighted by Crippen LogP contribution is 2.27. The lowest BCUT2D eigenvalue weighted by Crippen LogP contribution is -2.25. The summed E-state index contributed by atoms with van der Waals surface area (Å²) in [4.78, 5) is 11.4. The van der Waals surface area contributed by atoms with Gasteiger partial charge in [-0.2, -0.15) is 0 Å². The fraction of sp³-hybridized carbons (Fsp3) is 0.364. The van der Waals surface area contributed by atoms with Crippen LogP contribution in [0.3, 0.4) is 0 Å². The first kappa shape index (κ1) is 11.0. The Bertz CT molecular complexity index is 406. The van der Waals surface area contributed by atoms with E-state index in [4.69, 9.17) is 0 Å². The van der Waals surface area contributed by atoms with Crippen LogP contribution in [0.1, 0.15) is 23.2 Å². The molecule has 0 spiro atoms. The van der Waals surface area contributed by atoms with E-state index in [0.717, 1.165) is 12.8 Å². The van der Waals surface area contributed by atoms with Crippen LogP contribution in [0.4, 0.5) is 13.2 Å². The van der Waals surface area contributed by atoms with E-state index in [1.54, 1.807) is 0 Å². The third kappa shape index (κ3) is 2.35. The number of hydrogen-bond acceptors (Lipinski definition) is 1. The third-order valence-corrected chi connectivity index (χ3v) is 2.49. The molecular weight excluding hydrogens is 219 g/mol. The van der Waals surface area contributed by atoms with Gasteiger partial charge in [0.05, 0.1) is 0 Å². The topological polar surface area (TPSA) is 29.1 Å². The van der Waals surface area contributed by atoms with E-state index < -0.39 is 23.4 Å². The summed E-state index contributed by atoms with van der Waals surface area (Å²) in [5.74, 6) is -4.37. The fourth-order valence-corrected chi connectivity index (χ4v) is 1.35. The molecule has 1 amide bonds. The second kappa shape index (κ2) is 4.15. The zero-order valence-corrected chi connectivity index (χ0v) is 8.40. The van der Waals surface area contributed by atoms with Crippen molar-refractivity contribution in [2.45, 2.75) is 12.8 Å². The molecule has 0 atom stereocenters. The predicted molar refractivity (Wildman–Crippen MR) is 51.4 cm³/mol. The van der Waals surface area contributed by atoms with Crippen molar-refractivity contribution < 1.29 is 18.0 Å². The summed E-state index contributed by atoms with van der Waals surface area (Å²) < 4.78 is 38.2. The van der Waals surface area contributed by atoms with Gasteiger partial charge in [0.1, 0.15) is 0 Å². The Hall–Kier alpha value is -1.52. The van der Waals surface area contributed by atoms with E-state index in [9.17, 15) is 18.0 Å². The van der Waals surface area contributed by atoms with Crippen molar-refractivity contribution in [3.63, 3.8) is 0 Å². The maximum atomic E-state index is 12.8. The van der Waals surface area contributed by atoms with Gasteiger partial charge in [-0.3, -0.25) is 4.79 Å². The van der Waals surface area contributed by atoms with Gasteiger partial charge in [0.2, 0.25) is 0 Å². The molecule has 1 aliphatic carbocycles. The number of carbonyl (C=O) groups is 1. The van der Waals surface area contributed by atoms with Gasteiger partial charge in [-0.05, 0) is 30.9 Å². The molecular formula is C11H10F3NO. The predicted octanol–water partition coefficient (Wildman–Crippen LogP) is 2.24. The van der Waals surface area contributed by atoms with Gasteiger partial charge in [-0.15, -0.1) is 0 Å². The number of rotatable bonds is 3. The molecule has 2 nitrogen and oxygen atoms in total. The maximum Gasteiger partial charge on any atom is 0.251 e. The molecule has 0 radical (unpaired) electrons. The van der Waals surface area contributed by atoms with Crippen molar-refractivity contribution in [1.29, 1.82) is 0 Å². The second-order valence-corrected chi connectivity index (χ2v) is 3.91. The zero-order valence-electron chi connectivity index (χ0n) is 8.40. The summed E-state index contributed by atoms with van der Waals surface area (Å²) in [6.45, 7) is 0.499. The summed E-state index contributed by atoms with van der Waals surface area (Å²) >= 11 is 0. The smallest absolute Gasteiger partial charge is 0.251 e. The van der Waals surface area contributed by atoms with Crippen LogP contribution in [-0.4, -0.2) is 12.5 Å². The van der Waals surface area contributed by atoms with Gasteiger partial charge in [-0.1, -0.05) is 0 Å². The van der Waals surface area contributed by atoms with Crippen molar-refractivity contribution in [2.24, 2.45) is 5.92 Å². The van der Waals surface area contributed by atoms with Crippen LogP contribution in [0.2, 0.25) is 0 Å². The van der Waals surface area contributed by atoms with Crippen LogP contribution in [0.15, 0.2) is 12.1 Å². The van der Waals surface area contributed by atoms with E-state index >= 15 is 0 Å². The Kier molecular flexibility index (Phi) is 2.85. The maximum absolute atomic E-state index is 12.8. The third-order valence-electron chi connectivity index (χ3n) is 2.49. The van der Waals surface area contributed by atoms with Crippen molar-refractivity contribution in [1.82, 2.24) is 5.32 Å². The van der Waals surface area contributed by atoms with E-state index in [1.807, 2.05) is 0 Å². The summed E-state index contributed by atoms with van der Waals surface area (Å²) in [7, 11) is 0. The second-order valence-electron chi connectivity index (χ2n) is 3.91. The van der Waals surface area contributed by atoms with Crippen LogP contribution in [-0.2, 0) is 0 Å². The van der Waals surface area contributed by atoms with Gasteiger partial charge in [0.15, 0.2) is 17.5 Å². The van der Waals surface area contributed by atoms with Gasteiger partial charge >= 0.3 is 0 Å². The van der Waals surface area contributed by atoms with E-state index in [0.29, 0.717) is 24.6 Å². The Morgan fingerprint density at radius 3 is 2.31 bits per heavy atom. The van der Waals surface area contributed by atoms with Crippen molar-refractivity contribution in [2.75, 3.05) is 6.54 Å². The Morgan fingerprint density at radius 2 is 1.81 bits per heavy atom. The first-order valence-corrected chi connectivity index (χ1v) is 5.00. The molecule has 0 aliphatic heterocycles. The largest absolute Gasteiger partial charge is 0.352 e. The molecule has 1 fully saturated rings. The Morgan fingerprint density at radius 1 is 1.25 bits per heavy atom. The van der Waals surface area contributed by atoms with Gasteiger partial charge in [0.25, 0.3) is 5.91 Å². The quantitative estimate of drug-likeness (QED) is 0.791. The molecule has 1 aromatic carbocycles. The molecule has 1 N–H and O–H groups in total. The van der Waals surface area contributed by atoms with Crippen molar-refractivity contribution in [3.8, 4) is 0 Å². The molecule has 0 unspecified atom stereocenters. The van der Waals surface area contributed by atoms with Gasteiger partial charge in [0, 0.05) is 12.1 Å². The van der Waals surface area contributed by atoms with E-state index in [1.165, 1.54) is 0 Å². The minimum atomic E-state index is -1.56. The monoisotopic (exact) mass is 229 g/mol. The lowest BCUT2D eigenvalue weighted by molar-refractivity contribution is 0.0950.